The second-order valence-electron chi connectivity index (χ2n) is 4.24. The number of nitrogens with zero attached hydrogens (tertiary/aromatic N) is 3. The molecule has 3 aromatic rings. The van der Waals surface area contributed by atoms with Crippen molar-refractivity contribution in [2.45, 2.75) is 6.61 Å². The van der Waals surface area contributed by atoms with E-state index in [1.807, 2.05) is 24.3 Å². The average Bonchev–Trinajstić information content (AvgIpc) is 2.89. The van der Waals surface area contributed by atoms with Crippen molar-refractivity contribution in [2.24, 2.45) is 5.10 Å². The van der Waals surface area contributed by atoms with Crippen molar-refractivity contribution in [3.05, 3.63) is 60.4 Å². The van der Waals surface area contributed by atoms with E-state index in [1.165, 1.54) is 12.3 Å². The zero-order chi connectivity index (χ0) is 14.7. The van der Waals surface area contributed by atoms with Gasteiger partial charge >= 0.3 is 6.61 Å². The molecule has 0 atom stereocenters. The third-order valence-corrected chi connectivity index (χ3v) is 2.89. The summed E-state index contributed by atoms with van der Waals surface area (Å²) in [5.74, 6) is 0.0840. The molecule has 0 bridgehead atoms. The molecule has 0 saturated carbocycles. The highest BCUT2D eigenvalue weighted by Crippen LogP contribution is 2.19. The molecule has 4 nitrogen and oxygen atoms in total. The van der Waals surface area contributed by atoms with E-state index in [9.17, 15) is 8.78 Å². The normalized spacial score (nSPS) is 11.6. The fraction of sp³-hybridized carbons (Fsp3) is 0.0667. The van der Waals surface area contributed by atoms with Gasteiger partial charge in [-0.1, -0.05) is 24.3 Å². The summed E-state index contributed by atoms with van der Waals surface area (Å²) in [6.45, 7) is -2.87. The molecule has 1 aromatic heterocycles. The zero-order valence-corrected chi connectivity index (χ0v) is 10.9. The summed E-state index contributed by atoms with van der Waals surface area (Å²) < 4.78 is 30.7. The molecule has 0 aliphatic carbocycles. The van der Waals surface area contributed by atoms with Gasteiger partial charge in [-0.05, 0) is 24.3 Å². The molecule has 6 heteroatoms. The first-order chi connectivity index (χ1) is 10.2. The number of halogens is 2. The summed E-state index contributed by atoms with van der Waals surface area (Å²) in [5.41, 5.74) is 2.11. The lowest BCUT2D eigenvalue weighted by molar-refractivity contribution is -0.0499. The number of hydrogen-bond acceptors (Lipinski definition) is 3. The maximum Gasteiger partial charge on any atom is 0.387 e. The van der Waals surface area contributed by atoms with Crippen LogP contribution in [0.2, 0.25) is 0 Å². The van der Waals surface area contributed by atoms with Crippen molar-refractivity contribution in [2.75, 3.05) is 0 Å². The Morgan fingerprint density at radius 2 is 1.86 bits per heavy atom. The van der Waals surface area contributed by atoms with Gasteiger partial charge in [-0.15, -0.1) is 0 Å². The molecule has 21 heavy (non-hydrogen) atoms. The number of hydrogen-bond donors (Lipinski definition) is 0. The predicted octanol–water partition coefficient (Wildman–Crippen LogP) is 3.52. The lowest BCUT2D eigenvalue weighted by atomic mass is 10.2. The number of para-hydroxylation sites is 3. The standard InChI is InChI=1S/C15H11F2N3O/c16-15(17)21-14-8-4-1-5-11(14)9-19-20-10-18-12-6-2-3-7-13(12)20/h1-10,15H/b19-9+. The zero-order valence-electron chi connectivity index (χ0n) is 10.9. The third kappa shape index (κ3) is 2.89. The maximum absolute atomic E-state index is 12.3. The predicted molar refractivity (Wildman–Crippen MR) is 75.8 cm³/mol. The molecule has 0 spiro atoms. The molecule has 0 saturated heterocycles. The van der Waals surface area contributed by atoms with Gasteiger partial charge in [0.25, 0.3) is 0 Å². The van der Waals surface area contributed by atoms with Crippen LogP contribution in [0.25, 0.3) is 11.0 Å². The van der Waals surface area contributed by atoms with Gasteiger partial charge < -0.3 is 4.74 Å². The number of imidazole rings is 1. The van der Waals surface area contributed by atoms with Crippen LogP contribution >= 0.6 is 0 Å². The molecule has 0 fully saturated rings. The van der Waals surface area contributed by atoms with Crippen LogP contribution in [-0.4, -0.2) is 22.5 Å². The molecule has 0 radical (unpaired) electrons. The van der Waals surface area contributed by atoms with E-state index in [4.69, 9.17) is 0 Å². The van der Waals surface area contributed by atoms with Crippen molar-refractivity contribution in [1.82, 2.24) is 9.66 Å². The monoisotopic (exact) mass is 287 g/mol. The molecule has 0 aliphatic heterocycles. The Balaban J connectivity index is 1.93. The first kappa shape index (κ1) is 13.2. The number of aromatic nitrogens is 2. The van der Waals surface area contributed by atoms with Gasteiger partial charge in [-0.2, -0.15) is 13.9 Å². The molecule has 3 rings (SSSR count). The highest BCUT2D eigenvalue weighted by atomic mass is 19.3. The average molecular weight is 287 g/mol. The van der Waals surface area contributed by atoms with E-state index in [-0.39, 0.29) is 5.75 Å². The minimum Gasteiger partial charge on any atom is -0.434 e. The molecule has 0 N–H and O–H groups in total. The Hall–Kier alpha value is -2.76. The summed E-state index contributed by atoms with van der Waals surface area (Å²) in [5, 5.41) is 4.24. The van der Waals surface area contributed by atoms with E-state index in [2.05, 4.69) is 14.8 Å². The Bertz CT molecular complexity index is 783. The van der Waals surface area contributed by atoms with E-state index in [0.717, 1.165) is 11.0 Å². The lowest BCUT2D eigenvalue weighted by Crippen LogP contribution is -2.04. The van der Waals surface area contributed by atoms with Crippen LogP contribution in [0.4, 0.5) is 8.78 Å². The molecule has 1 heterocycles. The van der Waals surface area contributed by atoms with Crippen molar-refractivity contribution >= 4 is 17.2 Å². The second kappa shape index (κ2) is 5.70. The van der Waals surface area contributed by atoms with Crippen LogP contribution in [-0.2, 0) is 0 Å². The van der Waals surface area contributed by atoms with Crippen LogP contribution in [0.1, 0.15) is 5.56 Å². The lowest BCUT2D eigenvalue weighted by Gasteiger charge is -2.06. The number of fused-ring (bicyclic) bond motifs is 1. The Kier molecular flexibility index (Phi) is 3.59. The van der Waals surface area contributed by atoms with Gasteiger partial charge in [0.2, 0.25) is 0 Å². The second-order valence-corrected chi connectivity index (χ2v) is 4.24. The summed E-state index contributed by atoms with van der Waals surface area (Å²) >= 11 is 0. The van der Waals surface area contributed by atoms with E-state index in [1.54, 1.807) is 29.2 Å². The molecule has 2 aromatic carbocycles. The minimum absolute atomic E-state index is 0.0840. The van der Waals surface area contributed by atoms with Crippen molar-refractivity contribution in [3.8, 4) is 5.75 Å². The van der Waals surface area contributed by atoms with Gasteiger partial charge in [-0.25, -0.2) is 9.66 Å². The third-order valence-electron chi connectivity index (χ3n) is 2.89. The van der Waals surface area contributed by atoms with E-state index in [0.29, 0.717) is 5.56 Å². The molecule has 0 aliphatic rings. The molecule has 0 amide bonds. The topological polar surface area (TPSA) is 39.4 Å². The smallest absolute Gasteiger partial charge is 0.387 e. The minimum atomic E-state index is -2.87. The first-order valence-corrected chi connectivity index (χ1v) is 6.24. The molecular formula is C15H11F2N3O. The molecular weight excluding hydrogens is 276 g/mol. The van der Waals surface area contributed by atoms with Crippen LogP contribution in [0, 0.1) is 0 Å². The molecule has 106 valence electrons. The van der Waals surface area contributed by atoms with Gasteiger partial charge in [0, 0.05) is 5.56 Å². The van der Waals surface area contributed by atoms with Crippen molar-refractivity contribution < 1.29 is 13.5 Å². The Labute approximate surface area is 119 Å². The fourth-order valence-corrected chi connectivity index (χ4v) is 1.95. The van der Waals surface area contributed by atoms with Crippen LogP contribution in [0.5, 0.6) is 5.75 Å². The maximum atomic E-state index is 12.3. The number of ether oxygens (including phenoxy) is 1. The highest BCUT2D eigenvalue weighted by Gasteiger charge is 2.07. The summed E-state index contributed by atoms with van der Waals surface area (Å²) in [6.07, 6.45) is 3.03. The highest BCUT2D eigenvalue weighted by molar-refractivity contribution is 5.84. The van der Waals surface area contributed by atoms with Crippen molar-refractivity contribution in [3.63, 3.8) is 0 Å². The largest absolute Gasteiger partial charge is 0.434 e. The van der Waals surface area contributed by atoms with Crippen LogP contribution < -0.4 is 4.74 Å². The fourth-order valence-electron chi connectivity index (χ4n) is 1.95. The summed E-state index contributed by atoms with van der Waals surface area (Å²) in [4.78, 5) is 4.20. The van der Waals surface area contributed by atoms with Gasteiger partial charge in [0.15, 0.2) is 0 Å². The van der Waals surface area contributed by atoms with E-state index < -0.39 is 6.61 Å². The quantitative estimate of drug-likeness (QED) is 0.689. The number of rotatable bonds is 4. The summed E-state index contributed by atoms with van der Waals surface area (Å²) in [7, 11) is 0. The Morgan fingerprint density at radius 1 is 1.10 bits per heavy atom. The van der Waals surface area contributed by atoms with Gasteiger partial charge in [-0.3, -0.25) is 0 Å². The van der Waals surface area contributed by atoms with Gasteiger partial charge in [0.1, 0.15) is 12.1 Å². The first-order valence-electron chi connectivity index (χ1n) is 6.24. The van der Waals surface area contributed by atoms with E-state index >= 15 is 0 Å². The number of benzene rings is 2. The van der Waals surface area contributed by atoms with Crippen LogP contribution in [0.3, 0.4) is 0 Å². The van der Waals surface area contributed by atoms with Crippen molar-refractivity contribution in [1.29, 1.82) is 0 Å². The SMILES string of the molecule is FC(F)Oc1ccccc1/C=N/n1cnc2ccccc21. The Morgan fingerprint density at radius 3 is 2.71 bits per heavy atom. The molecule has 0 unspecified atom stereocenters. The number of alkyl halides is 2. The summed E-state index contributed by atoms with van der Waals surface area (Å²) in [6, 6.07) is 14.0. The van der Waals surface area contributed by atoms with Crippen LogP contribution in [0.15, 0.2) is 60.0 Å². The van der Waals surface area contributed by atoms with Gasteiger partial charge in [0.05, 0.1) is 17.2 Å².